The predicted molar refractivity (Wildman–Crippen MR) is 102 cm³/mol. The van der Waals surface area contributed by atoms with Gasteiger partial charge in [-0.25, -0.2) is 0 Å². The molecular weight excluding hydrogens is 410 g/mol. The van der Waals surface area contributed by atoms with E-state index >= 15 is 0 Å². The van der Waals surface area contributed by atoms with Crippen molar-refractivity contribution >= 4 is 45.9 Å². The smallest absolute Gasteiger partial charge is 0.228 e. The molecule has 0 aliphatic heterocycles. The normalized spacial score (nSPS) is 13.4. The minimum Gasteiger partial charge on any atom is -0.319 e. The van der Waals surface area contributed by atoms with Gasteiger partial charge >= 0.3 is 0 Å². The van der Waals surface area contributed by atoms with Gasteiger partial charge in [-0.15, -0.1) is 0 Å². The maximum atomic E-state index is 6.59. The predicted octanol–water partition coefficient (Wildman–Crippen LogP) is 6.75. The lowest BCUT2D eigenvalue weighted by Crippen LogP contribution is -2.52. The molecule has 0 atom stereocenters. The Bertz CT molecular complexity index is 484. The van der Waals surface area contributed by atoms with Crippen molar-refractivity contribution in [2.45, 2.75) is 65.2 Å². The highest BCUT2D eigenvalue weighted by atomic mass is 79.9. The van der Waals surface area contributed by atoms with Gasteiger partial charge in [-0.05, 0) is 57.1 Å². The van der Waals surface area contributed by atoms with Crippen LogP contribution in [0.4, 0.5) is 5.69 Å². The Labute approximate surface area is 147 Å². The van der Waals surface area contributed by atoms with Gasteiger partial charge in [0.25, 0.3) is 0 Å². The van der Waals surface area contributed by atoms with Crippen molar-refractivity contribution in [2.75, 3.05) is 5.06 Å². The van der Waals surface area contributed by atoms with E-state index in [0.717, 1.165) is 14.6 Å². The van der Waals surface area contributed by atoms with E-state index in [1.807, 2.05) is 6.07 Å². The van der Waals surface area contributed by atoms with Gasteiger partial charge < -0.3 is 4.53 Å². The highest BCUT2D eigenvalue weighted by Gasteiger charge is 2.42. The van der Waals surface area contributed by atoms with Gasteiger partial charge in [0.15, 0.2) is 0 Å². The Morgan fingerprint density at radius 3 is 1.67 bits per heavy atom. The van der Waals surface area contributed by atoms with Crippen LogP contribution in [0.25, 0.3) is 0 Å². The minimum atomic E-state index is -1.90. The van der Waals surface area contributed by atoms with Crippen LogP contribution in [-0.2, 0) is 4.53 Å². The summed E-state index contributed by atoms with van der Waals surface area (Å²) >= 11 is 7.13. The molecule has 21 heavy (non-hydrogen) atoms. The van der Waals surface area contributed by atoms with E-state index in [1.165, 1.54) is 0 Å². The molecule has 1 aromatic carbocycles. The zero-order chi connectivity index (χ0) is 16.6. The molecule has 0 bridgehead atoms. The second kappa shape index (κ2) is 6.34. The molecule has 2 nitrogen and oxygen atoms in total. The van der Waals surface area contributed by atoms with Crippen LogP contribution in [-0.4, -0.2) is 13.9 Å². The molecule has 0 saturated heterocycles. The van der Waals surface area contributed by atoms with E-state index in [1.54, 1.807) is 0 Å². The number of halogens is 2. The van der Waals surface area contributed by atoms with Gasteiger partial charge in [-0.2, -0.15) is 0 Å². The minimum absolute atomic E-state index is 0.115. The maximum absolute atomic E-state index is 6.59. The van der Waals surface area contributed by atoms with Crippen LogP contribution in [0.15, 0.2) is 27.1 Å². The molecule has 0 radical (unpaired) electrons. The van der Waals surface area contributed by atoms with Crippen molar-refractivity contribution in [3.63, 3.8) is 0 Å². The quantitative estimate of drug-likeness (QED) is 0.383. The van der Waals surface area contributed by atoms with E-state index in [-0.39, 0.29) is 10.6 Å². The fourth-order valence-corrected chi connectivity index (χ4v) is 3.98. The lowest BCUT2D eigenvalue weighted by molar-refractivity contribution is 0.185. The number of rotatable bonds is 3. The number of hydrogen-bond acceptors (Lipinski definition) is 2. The third-order valence-corrected chi connectivity index (χ3v) is 8.98. The Balaban J connectivity index is 3.26. The van der Waals surface area contributed by atoms with E-state index in [2.05, 4.69) is 104 Å². The molecule has 0 aliphatic rings. The van der Waals surface area contributed by atoms with Crippen LogP contribution in [0.5, 0.6) is 0 Å². The summed E-state index contributed by atoms with van der Waals surface area (Å²) in [7, 11) is -1.90. The van der Waals surface area contributed by atoms with Crippen molar-refractivity contribution < 1.29 is 4.53 Å². The van der Waals surface area contributed by atoms with E-state index in [4.69, 9.17) is 4.53 Å². The summed E-state index contributed by atoms with van der Waals surface area (Å²) in [6, 6.07) is 6.24. The third-order valence-electron chi connectivity index (χ3n) is 3.82. The molecule has 0 N–H and O–H groups in total. The summed E-state index contributed by atoms with van der Waals surface area (Å²) < 4.78 is 8.68. The molecule has 0 saturated carbocycles. The third kappa shape index (κ3) is 5.08. The van der Waals surface area contributed by atoms with Crippen LogP contribution in [0, 0.1) is 0 Å². The highest BCUT2D eigenvalue weighted by molar-refractivity contribution is 9.11. The Kier molecular flexibility index (Phi) is 5.80. The average molecular weight is 437 g/mol. The summed E-state index contributed by atoms with van der Waals surface area (Å²) in [5, 5.41) is 2.24. The number of benzene rings is 1. The molecule has 0 aromatic heterocycles. The zero-order valence-corrected chi connectivity index (χ0v) is 18.5. The second-order valence-corrected chi connectivity index (χ2v) is 14.5. The molecular formula is C16H27Br2NOSi. The SMILES string of the molecule is CC(C)(C)N(O[Si](C)(C)C(C)(C)C)c1cc(Br)cc(Br)c1. The van der Waals surface area contributed by atoms with Crippen molar-refractivity contribution in [2.24, 2.45) is 0 Å². The average Bonchev–Trinajstić information content (AvgIpc) is 2.21. The van der Waals surface area contributed by atoms with Crippen LogP contribution >= 0.6 is 31.9 Å². The molecule has 120 valence electrons. The number of anilines is 1. The zero-order valence-electron chi connectivity index (χ0n) is 14.3. The first-order valence-electron chi connectivity index (χ1n) is 7.19. The van der Waals surface area contributed by atoms with E-state index in [9.17, 15) is 0 Å². The second-order valence-electron chi connectivity index (χ2n) is 7.94. The van der Waals surface area contributed by atoms with Crippen LogP contribution < -0.4 is 5.06 Å². The van der Waals surface area contributed by atoms with Gasteiger partial charge in [0, 0.05) is 8.95 Å². The molecule has 0 heterocycles. The number of hydrogen-bond donors (Lipinski definition) is 0. The number of hydroxylamine groups is 1. The lowest BCUT2D eigenvalue weighted by atomic mass is 10.1. The van der Waals surface area contributed by atoms with Crippen molar-refractivity contribution in [1.82, 2.24) is 0 Å². The lowest BCUT2D eigenvalue weighted by Gasteiger charge is -2.45. The van der Waals surface area contributed by atoms with Crippen molar-refractivity contribution in [1.29, 1.82) is 0 Å². The molecule has 5 heteroatoms. The molecule has 0 aliphatic carbocycles. The standard InChI is InChI=1S/C16H27Br2NOSi/c1-15(2,3)19(20-21(7,8)16(4,5)6)14-10-12(17)9-13(18)11-14/h9-11H,1-8H3. The van der Waals surface area contributed by atoms with Crippen LogP contribution in [0.3, 0.4) is 0 Å². The van der Waals surface area contributed by atoms with Gasteiger partial charge in [-0.1, -0.05) is 52.6 Å². The van der Waals surface area contributed by atoms with Gasteiger partial charge in [0.1, 0.15) is 0 Å². The number of nitrogens with zero attached hydrogens (tertiary/aromatic N) is 1. The Hall–Kier alpha value is 0.157. The monoisotopic (exact) mass is 435 g/mol. The summed E-state index contributed by atoms with van der Waals surface area (Å²) in [5.41, 5.74) is 0.948. The fourth-order valence-electron chi connectivity index (χ4n) is 1.60. The molecule has 1 rings (SSSR count). The summed E-state index contributed by atoms with van der Waals surface area (Å²) in [4.78, 5) is 0. The van der Waals surface area contributed by atoms with Crippen molar-refractivity contribution in [3.05, 3.63) is 27.1 Å². The first-order chi connectivity index (χ1) is 9.24. The molecule has 0 fully saturated rings. The summed E-state index contributed by atoms with van der Waals surface area (Å²) in [5.74, 6) is 0. The van der Waals surface area contributed by atoms with Gasteiger partial charge in [0.05, 0.1) is 11.2 Å². The van der Waals surface area contributed by atoms with Gasteiger partial charge in [0.2, 0.25) is 8.32 Å². The van der Waals surface area contributed by atoms with Crippen LogP contribution in [0.2, 0.25) is 18.1 Å². The topological polar surface area (TPSA) is 12.5 Å². The Morgan fingerprint density at radius 1 is 0.905 bits per heavy atom. The highest BCUT2D eigenvalue weighted by Crippen LogP contribution is 2.40. The summed E-state index contributed by atoms with van der Waals surface area (Å²) in [6.45, 7) is 17.9. The van der Waals surface area contributed by atoms with Gasteiger partial charge in [-0.3, -0.25) is 5.06 Å². The van der Waals surface area contributed by atoms with E-state index in [0.29, 0.717) is 0 Å². The van der Waals surface area contributed by atoms with Crippen LogP contribution in [0.1, 0.15) is 41.5 Å². The molecule has 0 spiro atoms. The molecule has 0 amide bonds. The molecule has 1 aromatic rings. The van der Waals surface area contributed by atoms with Crippen molar-refractivity contribution in [3.8, 4) is 0 Å². The fraction of sp³-hybridized carbons (Fsp3) is 0.625. The summed E-state index contributed by atoms with van der Waals surface area (Å²) in [6.07, 6.45) is 0. The first-order valence-corrected chi connectivity index (χ1v) is 11.7. The largest absolute Gasteiger partial charge is 0.319 e. The van der Waals surface area contributed by atoms with E-state index < -0.39 is 8.32 Å². The maximum Gasteiger partial charge on any atom is 0.228 e. The molecule has 0 unspecified atom stereocenters. The first kappa shape index (κ1) is 19.2. The Morgan fingerprint density at radius 2 is 1.33 bits per heavy atom.